The summed E-state index contributed by atoms with van der Waals surface area (Å²) >= 11 is 0. The summed E-state index contributed by atoms with van der Waals surface area (Å²) in [7, 11) is 0. The van der Waals surface area contributed by atoms with Crippen LogP contribution in [0.3, 0.4) is 0 Å². The molecule has 1 amide bonds. The molecule has 1 heterocycles. The normalized spacial score (nSPS) is 13.1. The number of halogens is 3. The van der Waals surface area contributed by atoms with E-state index in [9.17, 15) is 22.8 Å². The number of amides is 1. The number of hydrogen-bond donors (Lipinski definition) is 1. The lowest BCUT2D eigenvalue weighted by Gasteiger charge is -2.20. The van der Waals surface area contributed by atoms with Crippen LogP contribution in [0.1, 0.15) is 50.1 Å². The molecule has 0 aliphatic heterocycles. The minimum absolute atomic E-state index is 0.0185. The molecule has 6 nitrogen and oxygen atoms in total. The number of rotatable bonds is 7. The fourth-order valence-electron chi connectivity index (χ4n) is 2.90. The number of carbonyl (C=O) groups excluding carboxylic acids is 1. The van der Waals surface area contributed by atoms with E-state index in [0.717, 1.165) is 15.7 Å². The van der Waals surface area contributed by atoms with Gasteiger partial charge in [0.15, 0.2) is 0 Å². The van der Waals surface area contributed by atoms with Gasteiger partial charge in [-0.15, -0.1) is 0 Å². The van der Waals surface area contributed by atoms with Crippen molar-refractivity contribution in [2.75, 3.05) is 13.2 Å². The van der Waals surface area contributed by atoms with Gasteiger partial charge in [0.2, 0.25) is 11.6 Å². The Hall–Kier alpha value is -2.42. The molecular weight excluding hydrogens is 387 g/mol. The maximum absolute atomic E-state index is 13.4. The summed E-state index contributed by atoms with van der Waals surface area (Å²) in [4.78, 5) is 28.7. The molecule has 1 atom stereocenters. The number of nitrogens with one attached hydrogen (secondary N) is 1. The van der Waals surface area contributed by atoms with Crippen molar-refractivity contribution in [3.8, 4) is 0 Å². The first kappa shape index (κ1) is 22.9. The van der Waals surface area contributed by atoms with Crippen LogP contribution in [-0.4, -0.2) is 34.7 Å². The predicted molar refractivity (Wildman–Crippen MR) is 104 cm³/mol. The summed E-state index contributed by atoms with van der Waals surface area (Å²) in [6.45, 7) is 9.44. The molecular formula is C20H26F3N3O3. The average Bonchev–Trinajstić information content (AvgIpc) is 2.60. The Morgan fingerprint density at radius 3 is 2.41 bits per heavy atom. The van der Waals surface area contributed by atoms with Gasteiger partial charge in [0, 0.05) is 13.2 Å². The predicted octanol–water partition coefficient (Wildman–Crippen LogP) is 3.52. The highest BCUT2D eigenvalue weighted by molar-refractivity contribution is 5.84. The Kier molecular flexibility index (Phi) is 7.05. The number of ether oxygens (including phenoxy) is 1. The van der Waals surface area contributed by atoms with E-state index in [-0.39, 0.29) is 23.7 Å². The van der Waals surface area contributed by atoms with Crippen LogP contribution in [0.15, 0.2) is 16.9 Å². The van der Waals surface area contributed by atoms with Gasteiger partial charge in [-0.25, -0.2) is 4.98 Å². The van der Waals surface area contributed by atoms with Crippen molar-refractivity contribution < 1.29 is 22.7 Å². The molecule has 0 bridgehead atoms. The third-order valence-electron chi connectivity index (χ3n) is 4.61. The van der Waals surface area contributed by atoms with Gasteiger partial charge in [0.05, 0.1) is 17.1 Å². The van der Waals surface area contributed by atoms with Crippen LogP contribution < -0.4 is 10.9 Å². The monoisotopic (exact) mass is 413 g/mol. The summed E-state index contributed by atoms with van der Waals surface area (Å²) in [6.07, 6.45) is -4.30. The van der Waals surface area contributed by atoms with Crippen molar-refractivity contribution in [3.63, 3.8) is 0 Å². The molecule has 160 valence electrons. The minimum Gasteiger partial charge on any atom is -0.379 e. The number of benzene rings is 1. The summed E-state index contributed by atoms with van der Waals surface area (Å²) in [5, 5.41) is 2.65. The second kappa shape index (κ2) is 8.94. The van der Waals surface area contributed by atoms with Gasteiger partial charge in [-0.05, 0) is 64.3 Å². The molecule has 9 heteroatoms. The zero-order chi connectivity index (χ0) is 21.9. The lowest BCUT2D eigenvalue weighted by atomic mass is 10.1. The minimum atomic E-state index is -4.92. The Morgan fingerprint density at radius 2 is 1.83 bits per heavy atom. The second-order valence-corrected chi connectivity index (χ2v) is 7.30. The second-order valence-electron chi connectivity index (χ2n) is 7.30. The van der Waals surface area contributed by atoms with E-state index in [1.165, 1.54) is 13.0 Å². The van der Waals surface area contributed by atoms with Gasteiger partial charge in [-0.3, -0.25) is 14.2 Å². The third-order valence-corrected chi connectivity index (χ3v) is 4.61. The summed E-state index contributed by atoms with van der Waals surface area (Å²) in [5.41, 5.74) is -1.13. The van der Waals surface area contributed by atoms with Gasteiger partial charge >= 0.3 is 6.18 Å². The van der Waals surface area contributed by atoms with Crippen molar-refractivity contribution in [1.82, 2.24) is 14.9 Å². The molecule has 0 saturated carbocycles. The van der Waals surface area contributed by atoms with Crippen LogP contribution in [0.4, 0.5) is 13.2 Å². The Balaban J connectivity index is 2.41. The van der Waals surface area contributed by atoms with E-state index in [1.54, 1.807) is 19.9 Å². The van der Waals surface area contributed by atoms with Gasteiger partial charge in [-0.1, -0.05) is 0 Å². The topological polar surface area (TPSA) is 73.2 Å². The summed E-state index contributed by atoms with van der Waals surface area (Å²) in [6, 6.07) is 1.94. The standard InChI is InChI=1S/C20H26F3N3O3/c1-11(2)29-8-6-7-24-18(27)14(5)26-16-10-13(4)12(3)9-15(16)25-17(19(26)28)20(21,22)23/h9-11,14H,6-8H2,1-5H3,(H,24,27)/t14-/m0/s1. The van der Waals surface area contributed by atoms with E-state index < -0.39 is 29.4 Å². The Bertz CT molecular complexity index is 952. The number of aryl methyl sites for hydroxylation is 2. The molecule has 2 aromatic rings. The van der Waals surface area contributed by atoms with E-state index in [2.05, 4.69) is 10.3 Å². The smallest absolute Gasteiger partial charge is 0.379 e. The number of alkyl halides is 3. The fraction of sp³-hybridized carbons (Fsp3) is 0.550. The molecule has 0 radical (unpaired) electrons. The van der Waals surface area contributed by atoms with Crippen molar-refractivity contribution in [1.29, 1.82) is 0 Å². The maximum Gasteiger partial charge on any atom is 0.438 e. The van der Waals surface area contributed by atoms with E-state index in [0.29, 0.717) is 13.0 Å². The molecule has 1 aromatic heterocycles. The molecule has 0 saturated heterocycles. The number of fused-ring (bicyclic) bond motifs is 1. The molecule has 1 aromatic carbocycles. The van der Waals surface area contributed by atoms with Crippen LogP contribution in [0.25, 0.3) is 11.0 Å². The lowest BCUT2D eigenvalue weighted by Crippen LogP contribution is -2.39. The molecule has 0 fully saturated rings. The lowest BCUT2D eigenvalue weighted by molar-refractivity contribution is -0.142. The quantitative estimate of drug-likeness (QED) is 0.705. The van der Waals surface area contributed by atoms with Gasteiger partial charge in [0.25, 0.3) is 5.56 Å². The largest absolute Gasteiger partial charge is 0.438 e. The molecule has 29 heavy (non-hydrogen) atoms. The van der Waals surface area contributed by atoms with Crippen LogP contribution in [0.5, 0.6) is 0 Å². The Morgan fingerprint density at radius 1 is 1.21 bits per heavy atom. The van der Waals surface area contributed by atoms with Crippen LogP contribution in [0.2, 0.25) is 0 Å². The van der Waals surface area contributed by atoms with Crippen molar-refractivity contribution >= 4 is 16.9 Å². The summed E-state index contributed by atoms with van der Waals surface area (Å²) < 4.78 is 46.3. The first-order chi connectivity index (χ1) is 13.4. The van der Waals surface area contributed by atoms with Gasteiger partial charge in [-0.2, -0.15) is 13.2 Å². The van der Waals surface area contributed by atoms with E-state index in [4.69, 9.17) is 4.74 Å². The highest BCUT2D eigenvalue weighted by atomic mass is 19.4. The highest BCUT2D eigenvalue weighted by Gasteiger charge is 2.38. The molecule has 0 spiro atoms. The molecule has 0 aliphatic rings. The molecule has 0 aliphatic carbocycles. The first-order valence-electron chi connectivity index (χ1n) is 9.43. The van der Waals surface area contributed by atoms with Crippen LogP contribution in [0, 0.1) is 13.8 Å². The van der Waals surface area contributed by atoms with E-state index in [1.807, 2.05) is 13.8 Å². The van der Waals surface area contributed by atoms with Crippen molar-refractivity contribution in [3.05, 3.63) is 39.3 Å². The maximum atomic E-state index is 13.4. The van der Waals surface area contributed by atoms with E-state index >= 15 is 0 Å². The van der Waals surface area contributed by atoms with Crippen LogP contribution >= 0.6 is 0 Å². The molecule has 1 N–H and O–H groups in total. The third kappa shape index (κ3) is 5.35. The number of carbonyl (C=O) groups is 1. The highest BCUT2D eigenvalue weighted by Crippen LogP contribution is 2.28. The molecule has 2 rings (SSSR count). The number of nitrogens with zero attached hydrogens (tertiary/aromatic N) is 2. The van der Waals surface area contributed by atoms with Gasteiger partial charge < -0.3 is 10.1 Å². The van der Waals surface area contributed by atoms with Crippen molar-refractivity contribution in [2.24, 2.45) is 0 Å². The zero-order valence-corrected chi connectivity index (χ0v) is 17.2. The summed E-state index contributed by atoms with van der Waals surface area (Å²) in [5.74, 6) is -0.546. The van der Waals surface area contributed by atoms with Crippen molar-refractivity contribution in [2.45, 2.75) is 59.4 Å². The van der Waals surface area contributed by atoms with Gasteiger partial charge in [0.1, 0.15) is 6.04 Å². The number of hydrogen-bond acceptors (Lipinski definition) is 4. The number of aromatic nitrogens is 2. The Labute approximate surface area is 167 Å². The molecule has 0 unspecified atom stereocenters. The van der Waals surface area contributed by atoms with Crippen LogP contribution in [-0.2, 0) is 15.7 Å². The zero-order valence-electron chi connectivity index (χ0n) is 17.2. The SMILES string of the molecule is Cc1cc2nc(C(F)(F)F)c(=O)n([C@@H](C)C(=O)NCCCOC(C)C)c2cc1C. The first-order valence-corrected chi connectivity index (χ1v) is 9.43. The average molecular weight is 413 g/mol. The fourth-order valence-corrected chi connectivity index (χ4v) is 2.90.